The lowest BCUT2D eigenvalue weighted by atomic mass is 10.0. The standard InChI is InChI=1S/C18H30N2/c1-2-3-4-5-6-10-14-20-15-13-19-18(16-20)17-11-8-7-9-12-17/h7-9,11-12,18-19H,2-6,10,13-16H2,1H3. The van der Waals surface area contributed by atoms with Crippen LogP contribution in [0.3, 0.4) is 0 Å². The van der Waals surface area contributed by atoms with Crippen LogP contribution in [0.25, 0.3) is 0 Å². The number of hydrogen-bond acceptors (Lipinski definition) is 2. The van der Waals surface area contributed by atoms with E-state index in [0.29, 0.717) is 6.04 Å². The number of hydrogen-bond donors (Lipinski definition) is 1. The van der Waals surface area contributed by atoms with Crippen molar-refractivity contribution >= 4 is 0 Å². The maximum atomic E-state index is 3.64. The highest BCUT2D eigenvalue weighted by Crippen LogP contribution is 2.17. The fraction of sp³-hybridized carbons (Fsp3) is 0.667. The number of nitrogens with zero attached hydrogens (tertiary/aromatic N) is 1. The summed E-state index contributed by atoms with van der Waals surface area (Å²) < 4.78 is 0. The summed E-state index contributed by atoms with van der Waals surface area (Å²) in [7, 11) is 0. The molecule has 2 rings (SSSR count). The third-order valence-corrected chi connectivity index (χ3v) is 4.29. The molecule has 1 aliphatic heterocycles. The van der Waals surface area contributed by atoms with E-state index in [0.717, 1.165) is 6.54 Å². The maximum absolute atomic E-state index is 3.64. The monoisotopic (exact) mass is 274 g/mol. The van der Waals surface area contributed by atoms with Gasteiger partial charge in [0, 0.05) is 25.7 Å². The Labute approximate surface area is 124 Å². The number of unbranched alkanes of at least 4 members (excludes halogenated alkanes) is 5. The quantitative estimate of drug-likeness (QED) is 0.721. The average Bonchev–Trinajstić information content (AvgIpc) is 2.52. The zero-order valence-corrected chi connectivity index (χ0v) is 13.0. The first kappa shape index (κ1) is 15.5. The van der Waals surface area contributed by atoms with Crippen LogP contribution in [0.15, 0.2) is 30.3 Å². The van der Waals surface area contributed by atoms with Gasteiger partial charge in [0.15, 0.2) is 0 Å². The van der Waals surface area contributed by atoms with Crippen molar-refractivity contribution in [1.29, 1.82) is 0 Å². The first-order chi connectivity index (χ1) is 9.90. The molecule has 0 spiro atoms. The van der Waals surface area contributed by atoms with Crippen LogP contribution in [0, 0.1) is 0 Å². The summed E-state index contributed by atoms with van der Waals surface area (Å²) in [5, 5.41) is 3.64. The Morgan fingerprint density at radius 3 is 2.60 bits per heavy atom. The normalized spacial score (nSPS) is 20.1. The second kappa shape index (κ2) is 9.15. The summed E-state index contributed by atoms with van der Waals surface area (Å²) in [6, 6.07) is 11.4. The summed E-state index contributed by atoms with van der Waals surface area (Å²) in [6.07, 6.45) is 8.36. The zero-order valence-electron chi connectivity index (χ0n) is 13.0. The second-order valence-electron chi connectivity index (χ2n) is 5.99. The summed E-state index contributed by atoms with van der Waals surface area (Å²) in [5.41, 5.74) is 1.43. The average molecular weight is 274 g/mol. The molecule has 1 aromatic carbocycles. The van der Waals surface area contributed by atoms with E-state index in [1.165, 1.54) is 63.7 Å². The molecule has 0 amide bonds. The van der Waals surface area contributed by atoms with E-state index in [2.05, 4.69) is 47.5 Å². The highest BCUT2D eigenvalue weighted by atomic mass is 15.2. The molecule has 1 N–H and O–H groups in total. The van der Waals surface area contributed by atoms with Crippen LogP contribution < -0.4 is 5.32 Å². The lowest BCUT2D eigenvalue weighted by molar-refractivity contribution is 0.197. The topological polar surface area (TPSA) is 15.3 Å². The van der Waals surface area contributed by atoms with Gasteiger partial charge in [-0.3, -0.25) is 0 Å². The highest BCUT2D eigenvalue weighted by molar-refractivity contribution is 5.19. The van der Waals surface area contributed by atoms with Crippen LogP contribution in [0.4, 0.5) is 0 Å². The Bertz CT molecular complexity index is 350. The minimum atomic E-state index is 0.519. The van der Waals surface area contributed by atoms with E-state index in [1.54, 1.807) is 0 Å². The first-order valence-electron chi connectivity index (χ1n) is 8.41. The van der Waals surface area contributed by atoms with Crippen molar-refractivity contribution in [2.45, 2.75) is 51.5 Å². The maximum Gasteiger partial charge on any atom is 0.0449 e. The predicted octanol–water partition coefficient (Wildman–Crippen LogP) is 3.99. The van der Waals surface area contributed by atoms with Gasteiger partial charge < -0.3 is 10.2 Å². The van der Waals surface area contributed by atoms with Crippen molar-refractivity contribution in [2.24, 2.45) is 0 Å². The van der Waals surface area contributed by atoms with E-state index in [-0.39, 0.29) is 0 Å². The van der Waals surface area contributed by atoms with Crippen LogP contribution >= 0.6 is 0 Å². The van der Waals surface area contributed by atoms with Gasteiger partial charge in [0.2, 0.25) is 0 Å². The molecule has 1 heterocycles. The van der Waals surface area contributed by atoms with E-state index in [4.69, 9.17) is 0 Å². The minimum absolute atomic E-state index is 0.519. The van der Waals surface area contributed by atoms with E-state index >= 15 is 0 Å². The lowest BCUT2D eigenvalue weighted by Crippen LogP contribution is -2.45. The summed E-state index contributed by atoms with van der Waals surface area (Å²) in [5.74, 6) is 0. The molecule has 2 heteroatoms. The number of piperazine rings is 1. The molecule has 0 aromatic heterocycles. The molecule has 1 atom stereocenters. The van der Waals surface area contributed by atoms with Gasteiger partial charge in [-0.2, -0.15) is 0 Å². The molecule has 1 saturated heterocycles. The first-order valence-corrected chi connectivity index (χ1v) is 8.41. The second-order valence-corrected chi connectivity index (χ2v) is 5.99. The van der Waals surface area contributed by atoms with Crippen molar-refractivity contribution in [3.8, 4) is 0 Å². The molecule has 0 radical (unpaired) electrons. The van der Waals surface area contributed by atoms with Crippen LogP contribution in [-0.2, 0) is 0 Å². The molecule has 1 aromatic rings. The van der Waals surface area contributed by atoms with Crippen molar-refractivity contribution in [3.05, 3.63) is 35.9 Å². The predicted molar refractivity (Wildman–Crippen MR) is 87.0 cm³/mol. The minimum Gasteiger partial charge on any atom is -0.308 e. The van der Waals surface area contributed by atoms with E-state index in [9.17, 15) is 0 Å². The molecule has 1 unspecified atom stereocenters. The fourth-order valence-electron chi connectivity index (χ4n) is 3.04. The van der Waals surface area contributed by atoms with Crippen molar-refractivity contribution in [1.82, 2.24) is 10.2 Å². The third-order valence-electron chi connectivity index (χ3n) is 4.29. The van der Waals surface area contributed by atoms with Crippen molar-refractivity contribution < 1.29 is 0 Å². The number of rotatable bonds is 8. The Morgan fingerprint density at radius 2 is 1.80 bits per heavy atom. The largest absolute Gasteiger partial charge is 0.308 e. The van der Waals surface area contributed by atoms with Gasteiger partial charge in [0.1, 0.15) is 0 Å². The Morgan fingerprint density at radius 1 is 1.05 bits per heavy atom. The van der Waals surface area contributed by atoms with Gasteiger partial charge in [0.25, 0.3) is 0 Å². The molecule has 0 bridgehead atoms. The molecule has 0 aliphatic carbocycles. The molecule has 0 saturated carbocycles. The number of nitrogens with one attached hydrogen (secondary N) is 1. The van der Waals surface area contributed by atoms with Gasteiger partial charge >= 0.3 is 0 Å². The molecule has 112 valence electrons. The van der Waals surface area contributed by atoms with Gasteiger partial charge in [0.05, 0.1) is 0 Å². The molecular weight excluding hydrogens is 244 g/mol. The summed E-state index contributed by atoms with van der Waals surface area (Å²) in [4.78, 5) is 2.63. The van der Waals surface area contributed by atoms with Crippen molar-refractivity contribution in [3.63, 3.8) is 0 Å². The smallest absolute Gasteiger partial charge is 0.0449 e. The number of benzene rings is 1. The van der Waals surface area contributed by atoms with Gasteiger partial charge in [-0.05, 0) is 18.5 Å². The summed E-state index contributed by atoms with van der Waals surface area (Å²) in [6.45, 7) is 7.05. The highest BCUT2D eigenvalue weighted by Gasteiger charge is 2.19. The third kappa shape index (κ3) is 5.26. The Hall–Kier alpha value is -0.860. The summed E-state index contributed by atoms with van der Waals surface area (Å²) >= 11 is 0. The van der Waals surface area contributed by atoms with Gasteiger partial charge in [-0.15, -0.1) is 0 Å². The van der Waals surface area contributed by atoms with Crippen LogP contribution in [0.5, 0.6) is 0 Å². The molecular formula is C18H30N2. The molecule has 1 fully saturated rings. The zero-order chi connectivity index (χ0) is 14.0. The van der Waals surface area contributed by atoms with Crippen LogP contribution in [0.2, 0.25) is 0 Å². The van der Waals surface area contributed by atoms with Crippen molar-refractivity contribution in [2.75, 3.05) is 26.2 Å². The Balaban J connectivity index is 1.66. The van der Waals surface area contributed by atoms with Crippen LogP contribution in [-0.4, -0.2) is 31.1 Å². The molecule has 1 aliphatic rings. The van der Waals surface area contributed by atoms with Gasteiger partial charge in [-0.25, -0.2) is 0 Å². The Kier molecular flexibility index (Phi) is 7.10. The SMILES string of the molecule is CCCCCCCCN1CCNC(c2ccccc2)C1. The van der Waals surface area contributed by atoms with E-state index in [1.807, 2.05) is 0 Å². The fourth-order valence-corrected chi connectivity index (χ4v) is 3.04. The van der Waals surface area contributed by atoms with Crippen LogP contribution in [0.1, 0.15) is 57.1 Å². The lowest BCUT2D eigenvalue weighted by Gasteiger charge is -2.34. The molecule has 2 nitrogen and oxygen atoms in total. The van der Waals surface area contributed by atoms with Gasteiger partial charge in [-0.1, -0.05) is 69.4 Å². The molecule has 20 heavy (non-hydrogen) atoms. The van der Waals surface area contributed by atoms with E-state index < -0.39 is 0 Å².